The normalized spacial score (nSPS) is 11.1. The summed E-state index contributed by atoms with van der Waals surface area (Å²) in [7, 11) is 0. The van der Waals surface area contributed by atoms with Crippen LogP contribution in [0.25, 0.3) is 0 Å². The number of carboxylic acid groups (broad SMARTS) is 1. The van der Waals surface area contributed by atoms with Crippen molar-refractivity contribution in [3.63, 3.8) is 0 Å². The third kappa shape index (κ3) is 4.86. The highest BCUT2D eigenvalue weighted by Gasteiger charge is 2.24. The second kappa shape index (κ2) is 6.28. The monoisotopic (exact) mass is 322 g/mol. The molecule has 0 aliphatic rings. The molecule has 1 aromatic carbocycles. The molecule has 110 valence electrons. The second-order valence-corrected chi connectivity index (χ2v) is 5.60. The molecule has 0 radical (unpaired) electrons. The summed E-state index contributed by atoms with van der Waals surface area (Å²) in [6.45, 7) is 3.12. The predicted octanol–water partition coefficient (Wildman–Crippen LogP) is 3.51. The third-order valence-corrected chi connectivity index (χ3v) is 2.84. The fraction of sp³-hybridized carbons (Fsp3) is 0.333. The quantitative estimate of drug-likeness (QED) is 0.742. The lowest BCUT2D eigenvalue weighted by Crippen LogP contribution is -2.46. The Hall–Kier alpha value is -1.53. The zero-order chi connectivity index (χ0) is 15.5. The molecule has 8 heteroatoms. The van der Waals surface area contributed by atoms with E-state index in [1.165, 1.54) is 12.1 Å². The lowest BCUT2D eigenvalue weighted by atomic mass is 10.0. The molecule has 20 heavy (non-hydrogen) atoms. The van der Waals surface area contributed by atoms with Gasteiger partial charge in [-0.2, -0.15) is 0 Å². The van der Waals surface area contributed by atoms with Crippen molar-refractivity contribution in [1.82, 2.24) is 5.32 Å². The molecule has 0 aliphatic carbocycles. The zero-order valence-electron chi connectivity index (χ0n) is 10.8. The van der Waals surface area contributed by atoms with Gasteiger partial charge in [-0.05, 0) is 26.0 Å². The van der Waals surface area contributed by atoms with Gasteiger partial charge in [-0.3, -0.25) is 4.79 Å². The summed E-state index contributed by atoms with van der Waals surface area (Å²) < 4.78 is 13.2. The molecule has 0 spiro atoms. The Labute approximate surface area is 125 Å². The first-order chi connectivity index (χ1) is 9.10. The molecule has 0 fully saturated rings. The summed E-state index contributed by atoms with van der Waals surface area (Å²) in [4.78, 5) is 22.4. The highest BCUT2D eigenvalue weighted by molar-refractivity contribution is 6.35. The van der Waals surface area contributed by atoms with Gasteiger partial charge in [-0.1, -0.05) is 23.2 Å². The van der Waals surface area contributed by atoms with E-state index in [4.69, 9.17) is 28.3 Å². The summed E-state index contributed by atoms with van der Waals surface area (Å²) in [5, 5.41) is 13.1. The maximum absolute atomic E-state index is 13.2. The first kappa shape index (κ1) is 16.5. The van der Waals surface area contributed by atoms with Crippen LogP contribution in [0.2, 0.25) is 10.0 Å². The fourth-order valence-electron chi connectivity index (χ4n) is 1.52. The lowest BCUT2D eigenvalue weighted by molar-refractivity contribution is -0.138. The van der Waals surface area contributed by atoms with E-state index in [0.717, 1.165) is 0 Å². The average Bonchev–Trinajstić information content (AvgIpc) is 2.22. The van der Waals surface area contributed by atoms with Gasteiger partial charge in [0, 0.05) is 11.2 Å². The molecule has 1 rings (SSSR count). The van der Waals surface area contributed by atoms with E-state index in [0.29, 0.717) is 0 Å². The van der Waals surface area contributed by atoms with Gasteiger partial charge in [0.25, 0.3) is 0 Å². The number of nitrogens with one attached hydrogen (secondary N) is 2. The number of hydrogen-bond donors (Lipinski definition) is 3. The SMILES string of the molecule is CC(C)(CC(=O)O)NC(=O)Nc1cc(Cl)c(F)c(Cl)c1. The molecule has 0 bridgehead atoms. The van der Waals surface area contributed by atoms with Crippen molar-refractivity contribution in [2.24, 2.45) is 0 Å². The van der Waals surface area contributed by atoms with Gasteiger partial charge in [0.2, 0.25) is 0 Å². The topological polar surface area (TPSA) is 78.4 Å². The minimum Gasteiger partial charge on any atom is -0.481 e. The van der Waals surface area contributed by atoms with Crippen molar-refractivity contribution in [2.75, 3.05) is 5.32 Å². The van der Waals surface area contributed by atoms with Crippen LogP contribution in [0.3, 0.4) is 0 Å². The van der Waals surface area contributed by atoms with Crippen molar-refractivity contribution in [3.8, 4) is 0 Å². The van der Waals surface area contributed by atoms with Crippen LogP contribution < -0.4 is 10.6 Å². The molecule has 1 aromatic rings. The van der Waals surface area contributed by atoms with E-state index >= 15 is 0 Å². The van der Waals surface area contributed by atoms with E-state index in [9.17, 15) is 14.0 Å². The Morgan fingerprint density at radius 2 is 1.80 bits per heavy atom. The molecule has 0 aliphatic heterocycles. The Morgan fingerprint density at radius 1 is 1.30 bits per heavy atom. The number of aliphatic carboxylic acids is 1. The standard InChI is InChI=1S/C12H13Cl2FN2O3/c1-12(2,5-9(18)19)17-11(20)16-6-3-7(13)10(15)8(14)4-6/h3-4H,5H2,1-2H3,(H,18,19)(H2,16,17,20). The van der Waals surface area contributed by atoms with E-state index in [2.05, 4.69) is 10.6 Å². The second-order valence-electron chi connectivity index (χ2n) is 4.79. The van der Waals surface area contributed by atoms with E-state index < -0.39 is 23.4 Å². The summed E-state index contributed by atoms with van der Waals surface area (Å²) in [6, 6.07) is 1.76. The van der Waals surface area contributed by atoms with Crippen molar-refractivity contribution in [1.29, 1.82) is 0 Å². The number of carboxylic acids is 1. The molecule has 5 nitrogen and oxygen atoms in total. The number of urea groups is 1. The summed E-state index contributed by atoms with van der Waals surface area (Å²) in [6.07, 6.45) is -0.245. The molecular formula is C12H13Cl2FN2O3. The minimum absolute atomic E-state index is 0.199. The molecule has 0 heterocycles. The molecule has 0 unspecified atom stereocenters. The molecule has 0 atom stereocenters. The van der Waals surface area contributed by atoms with E-state index in [1.807, 2.05) is 0 Å². The van der Waals surface area contributed by atoms with Crippen molar-refractivity contribution in [2.45, 2.75) is 25.8 Å². The number of carbonyl (C=O) groups is 2. The number of hydrogen-bond acceptors (Lipinski definition) is 2. The van der Waals surface area contributed by atoms with Gasteiger partial charge < -0.3 is 15.7 Å². The van der Waals surface area contributed by atoms with E-state index in [1.54, 1.807) is 13.8 Å². The van der Waals surface area contributed by atoms with Crippen LogP contribution in [0, 0.1) is 5.82 Å². The van der Waals surface area contributed by atoms with Crippen LogP contribution in [-0.4, -0.2) is 22.6 Å². The lowest BCUT2D eigenvalue weighted by Gasteiger charge is -2.24. The number of anilines is 1. The van der Waals surface area contributed by atoms with Crippen LogP contribution in [0.1, 0.15) is 20.3 Å². The number of halogens is 3. The minimum atomic E-state index is -1.04. The maximum atomic E-state index is 13.2. The fourth-order valence-corrected chi connectivity index (χ4v) is 2.01. The summed E-state index contributed by atoms with van der Waals surface area (Å²) in [5.74, 6) is -1.81. The number of benzene rings is 1. The molecule has 2 amide bonds. The van der Waals surface area contributed by atoms with Gasteiger partial charge in [-0.15, -0.1) is 0 Å². The Balaban J connectivity index is 2.74. The van der Waals surface area contributed by atoms with Crippen LogP contribution >= 0.6 is 23.2 Å². The van der Waals surface area contributed by atoms with Gasteiger partial charge in [0.15, 0.2) is 5.82 Å². The Morgan fingerprint density at radius 3 is 2.25 bits per heavy atom. The van der Waals surface area contributed by atoms with Gasteiger partial charge in [-0.25, -0.2) is 9.18 Å². The summed E-state index contributed by atoms with van der Waals surface area (Å²) in [5.41, 5.74) is -0.742. The largest absolute Gasteiger partial charge is 0.481 e. The van der Waals surface area contributed by atoms with Crippen molar-refractivity contribution in [3.05, 3.63) is 28.0 Å². The number of rotatable bonds is 4. The Bertz CT molecular complexity index is 526. The first-order valence-electron chi connectivity index (χ1n) is 5.56. The highest BCUT2D eigenvalue weighted by atomic mass is 35.5. The molecule has 3 N–H and O–H groups in total. The van der Waals surface area contributed by atoms with Crippen LogP contribution in [0.5, 0.6) is 0 Å². The predicted molar refractivity (Wildman–Crippen MR) is 74.9 cm³/mol. The maximum Gasteiger partial charge on any atom is 0.319 e. The van der Waals surface area contributed by atoms with Crippen LogP contribution in [0.4, 0.5) is 14.9 Å². The smallest absolute Gasteiger partial charge is 0.319 e. The zero-order valence-corrected chi connectivity index (χ0v) is 12.3. The number of carbonyl (C=O) groups excluding carboxylic acids is 1. The Kier molecular flexibility index (Phi) is 5.19. The van der Waals surface area contributed by atoms with Gasteiger partial charge >= 0.3 is 12.0 Å². The van der Waals surface area contributed by atoms with Crippen molar-refractivity contribution >= 4 is 40.9 Å². The van der Waals surface area contributed by atoms with Gasteiger partial charge in [0.1, 0.15) is 0 Å². The van der Waals surface area contributed by atoms with Gasteiger partial charge in [0.05, 0.1) is 16.5 Å². The van der Waals surface area contributed by atoms with E-state index in [-0.39, 0.29) is 22.2 Å². The first-order valence-corrected chi connectivity index (χ1v) is 6.32. The molecule has 0 saturated heterocycles. The molecular weight excluding hydrogens is 310 g/mol. The van der Waals surface area contributed by atoms with Crippen molar-refractivity contribution < 1.29 is 19.1 Å². The van der Waals surface area contributed by atoms with Crippen LogP contribution in [-0.2, 0) is 4.79 Å². The van der Waals surface area contributed by atoms with Crippen LogP contribution in [0.15, 0.2) is 12.1 Å². The summed E-state index contributed by atoms with van der Waals surface area (Å²) >= 11 is 11.2. The third-order valence-electron chi connectivity index (χ3n) is 2.29. The molecule has 0 aromatic heterocycles. The molecule has 0 saturated carbocycles. The average molecular weight is 323 g/mol. The highest BCUT2D eigenvalue weighted by Crippen LogP contribution is 2.27. The number of amides is 2.